The molecule has 10 heteroatoms. The zero-order valence-corrected chi connectivity index (χ0v) is 17.0. The van der Waals surface area contributed by atoms with Gasteiger partial charge in [-0.2, -0.15) is 0 Å². The van der Waals surface area contributed by atoms with Crippen molar-refractivity contribution >= 4 is 20.0 Å². The molecule has 3 fully saturated rings. The molecule has 1 aromatic rings. The molecule has 8 nitrogen and oxygen atoms in total. The highest BCUT2D eigenvalue weighted by atomic mass is 32.1. The predicted octanol–water partition coefficient (Wildman–Crippen LogP) is 3.56. The second-order valence-corrected chi connectivity index (χ2v) is 9.59. The van der Waals surface area contributed by atoms with Crippen LogP contribution in [0.4, 0.5) is 0 Å². The zero-order chi connectivity index (χ0) is 19.0. The molecule has 3 heterocycles. The topological polar surface area (TPSA) is 91.8 Å². The molecule has 4 unspecified atom stereocenters. The summed E-state index contributed by atoms with van der Waals surface area (Å²) in [6, 6.07) is 1.41. The largest absolute Gasteiger partial charge is 0.475 e. The molecule has 0 amide bonds. The monoisotopic (exact) mass is 416 g/mol. The van der Waals surface area contributed by atoms with Gasteiger partial charge in [0.1, 0.15) is 6.23 Å². The average Bonchev–Trinajstić information content (AvgIpc) is 3.10. The number of aromatic amines is 1. The van der Waals surface area contributed by atoms with Crippen molar-refractivity contribution in [1.82, 2.24) is 9.55 Å². The van der Waals surface area contributed by atoms with Crippen molar-refractivity contribution in [2.24, 2.45) is 11.8 Å². The van der Waals surface area contributed by atoms with Gasteiger partial charge in [0.25, 0.3) is 5.56 Å². The van der Waals surface area contributed by atoms with Crippen molar-refractivity contribution < 1.29 is 22.9 Å². The quantitative estimate of drug-likeness (QED) is 0.593. The number of rotatable bonds is 4. The SMILES string of the molecule is CC1CCCC2COP(=O)(OC[C@@H]3CC[C@H](n4ccc(=O)[nH]c4=S)O3)OC12. The molecule has 4 rings (SSSR count). The number of nitrogens with one attached hydrogen (secondary N) is 1. The minimum absolute atomic E-state index is 0.0601. The van der Waals surface area contributed by atoms with Gasteiger partial charge in [-0.3, -0.25) is 27.9 Å². The molecule has 1 aliphatic carbocycles. The fourth-order valence-corrected chi connectivity index (χ4v) is 6.02. The molecule has 1 N–H and O–H groups in total. The smallest absolute Gasteiger partial charge is 0.352 e. The van der Waals surface area contributed by atoms with E-state index < -0.39 is 7.82 Å². The molecule has 6 atom stereocenters. The van der Waals surface area contributed by atoms with Gasteiger partial charge in [-0.05, 0) is 43.8 Å². The summed E-state index contributed by atoms with van der Waals surface area (Å²) in [6.45, 7) is 2.69. The van der Waals surface area contributed by atoms with Crippen molar-refractivity contribution in [3.8, 4) is 0 Å². The van der Waals surface area contributed by atoms with Gasteiger partial charge < -0.3 is 4.74 Å². The van der Waals surface area contributed by atoms with Crippen molar-refractivity contribution in [3.63, 3.8) is 0 Å². The van der Waals surface area contributed by atoms with Gasteiger partial charge in [-0.15, -0.1) is 0 Å². The number of aromatic nitrogens is 2. The highest BCUT2D eigenvalue weighted by molar-refractivity contribution is 7.71. The maximum atomic E-state index is 12.8. The van der Waals surface area contributed by atoms with E-state index in [1.54, 1.807) is 10.8 Å². The predicted molar refractivity (Wildman–Crippen MR) is 99.9 cm³/mol. The number of ether oxygens (including phenoxy) is 1. The molecule has 1 aromatic heterocycles. The van der Waals surface area contributed by atoms with Crippen LogP contribution in [0, 0.1) is 16.6 Å². The Kier molecular flexibility index (Phi) is 5.69. The maximum absolute atomic E-state index is 12.8. The van der Waals surface area contributed by atoms with Crippen LogP contribution in [0.5, 0.6) is 0 Å². The summed E-state index contributed by atoms with van der Waals surface area (Å²) in [5.74, 6) is 0.660. The summed E-state index contributed by atoms with van der Waals surface area (Å²) >= 11 is 5.18. The lowest BCUT2D eigenvalue weighted by Crippen LogP contribution is -2.40. The van der Waals surface area contributed by atoms with Crippen LogP contribution in [-0.2, 0) is 22.9 Å². The molecule has 0 spiro atoms. The van der Waals surface area contributed by atoms with Crippen LogP contribution in [0.2, 0.25) is 0 Å². The molecule has 0 aromatic carbocycles. The van der Waals surface area contributed by atoms with Crippen molar-refractivity contribution in [1.29, 1.82) is 0 Å². The van der Waals surface area contributed by atoms with E-state index in [0.717, 1.165) is 32.1 Å². The number of H-pyrrole nitrogens is 1. The van der Waals surface area contributed by atoms with E-state index in [4.69, 9.17) is 30.5 Å². The molecule has 27 heavy (non-hydrogen) atoms. The first-order valence-electron chi connectivity index (χ1n) is 9.48. The minimum Gasteiger partial charge on any atom is -0.352 e. The summed E-state index contributed by atoms with van der Waals surface area (Å²) in [6.07, 6.45) is 5.78. The molecular weight excluding hydrogens is 391 g/mol. The lowest BCUT2D eigenvalue weighted by Gasteiger charge is -2.41. The molecule has 3 aliphatic rings. The Labute approximate surface area is 162 Å². The Hall–Kier alpha value is -0.830. The normalized spacial score (nSPS) is 39.2. The molecule has 0 radical (unpaired) electrons. The van der Waals surface area contributed by atoms with Gasteiger partial charge >= 0.3 is 7.82 Å². The van der Waals surface area contributed by atoms with E-state index in [0.29, 0.717) is 23.2 Å². The fourth-order valence-electron chi connectivity index (χ4n) is 4.14. The highest BCUT2D eigenvalue weighted by Gasteiger charge is 2.45. The Morgan fingerprint density at radius 2 is 2.22 bits per heavy atom. The Balaban J connectivity index is 1.33. The van der Waals surface area contributed by atoms with Gasteiger partial charge in [0.2, 0.25) is 0 Å². The van der Waals surface area contributed by atoms with Gasteiger partial charge in [0, 0.05) is 18.2 Å². The maximum Gasteiger partial charge on any atom is 0.475 e. The molecular formula is C17H25N2O6PS. The third kappa shape index (κ3) is 4.28. The van der Waals surface area contributed by atoms with Crippen molar-refractivity contribution in [2.75, 3.05) is 13.2 Å². The second kappa shape index (κ2) is 7.89. The number of hydrogen-bond donors (Lipinski definition) is 1. The van der Waals surface area contributed by atoms with E-state index in [9.17, 15) is 9.36 Å². The first-order valence-corrected chi connectivity index (χ1v) is 11.3. The lowest BCUT2D eigenvalue weighted by molar-refractivity contribution is -0.0691. The number of hydrogen-bond acceptors (Lipinski definition) is 7. The zero-order valence-electron chi connectivity index (χ0n) is 15.2. The summed E-state index contributed by atoms with van der Waals surface area (Å²) in [5, 5.41) is 0. The van der Waals surface area contributed by atoms with Gasteiger partial charge in [0.05, 0.1) is 25.4 Å². The molecule has 2 saturated heterocycles. The molecule has 2 aliphatic heterocycles. The molecule has 150 valence electrons. The van der Waals surface area contributed by atoms with Crippen LogP contribution in [-0.4, -0.2) is 35.0 Å². The van der Waals surface area contributed by atoms with Crippen LogP contribution >= 0.6 is 20.0 Å². The summed E-state index contributed by atoms with van der Waals surface area (Å²) in [7, 11) is -3.56. The lowest BCUT2D eigenvalue weighted by atomic mass is 9.80. The van der Waals surface area contributed by atoms with Gasteiger partial charge in [-0.25, -0.2) is 4.57 Å². The number of fused-ring (bicyclic) bond motifs is 1. The van der Waals surface area contributed by atoms with E-state index in [-0.39, 0.29) is 30.6 Å². The van der Waals surface area contributed by atoms with E-state index >= 15 is 0 Å². The molecule has 0 bridgehead atoms. The summed E-state index contributed by atoms with van der Waals surface area (Å²) in [4.78, 5) is 13.9. The van der Waals surface area contributed by atoms with Gasteiger partial charge in [-0.1, -0.05) is 13.3 Å². The first kappa shape index (κ1) is 19.5. The Bertz CT molecular complexity index is 841. The van der Waals surface area contributed by atoms with E-state index in [1.165, 1.54) is 6.07 Å². The first-order chi connectivity index (χ1) is 12.9. The summed E-state index contributed by atoms with van der Waals surface area (Å²) in [5.41, 5.74) is -0.242. The minimum atomic E-state index is -3.56. The third-order valence-corrected chi connectivity index (χ3v) is 7.37. The Morgan fingerprint density at radius 1 is 1.37 bits per heavy atom. The number of phosphoric acid groups is 1. The van der Waals surface area contributed by atoms with Crippen LogP contribution < -0.4 is 5.56 Å². The van der Waals surface area contributed by atoms with Crippen LogP contribution in [0.3, 0.4) is 0 Å². The number of phosphoric ester groups is 1. The van der Waals surface area contributed by atoms with Crippen LogP contribution in [0.15, 0.2) is 17.1 Å². The second-order valence-electron chi connectivity index (χ2n) is 7.58. The molecule has 1 saturated carbocycles. The standard InChI is InChI=1S/C17H25N2O6PS/c1-11-3-2-4-12-9-22-26(21,25-16(11)12)23-10-13-5-6-15(24-13)19-8-7-14(20)18-17(19)27/h7-8,11-13,15-16H,2-6,9-10H2,1H3,(H,18,20,27)/t11?,12?,13-,15+,16?,26?/m0/s1. The van der Waals surface area contributed by atoms with Crippen LogP contribution in [0.1, 0.15) is 45.3 Å². The number of nitrogens with zero attached hydrogens (tertiary/aromatic N) is 1. The van der Waals surface area contributed by atoms with E-state index in [1.807, 2.05) is 0 Å². The highest BCUT2D eigenvalue weighted by Crippen LogP contribution is 2.57. The van der Waals surface area contributed by atoms with Crippen LogP contribution in [0.25, 0.3) is 0 Å². The van der Waals surface area contributed by atoms with Crippen molar-refractivity contribution in [2.45, 2.75) is 57.5 Å². The van der Waals surface area contributed by atoms with Crippen molar-refractivity contribution in [3.05, 3.63) is 27.4 Å². The third-order valence-electron chi connectivity index (χ3n) is 5.62. The van der Waals surface area contributed by atoms with Gasteiger partial charge in [0.15, 0.2) is 4.77 Å². The summed E-state index contributed by atoms with van der Waals surface area (Å²) < 4.78 is 37.7. The fraction of sp³-hybridized carbons (Fsp3) is 0.765. The van der Waals surface area contributed by atoms with E-state index in [2.05, 4.69) is 11.9 Å². The average molecular weight is 416 g/mol. The Morgan fingerprint density at radius 3 is 3.04 bits per heavy atom.